The number of carbonyl (C=O) groups excluding carboxylic acids is 1. The Morgan fingerprint density at radius 3 is 2.73 bits per heavy atom. The predicted molar refractivity (Wildman–Crippen MR) is 126 cm³/mol. The van der Waals surface area contributed by atoms with Crippen molar-refractivity contribution in [1.82, 2.24) is 30.3 Å². The second-order valence-corrected chi connectivity index (χ2v) is 9.36. The van der Waals surface area contributed by atoms with Gasteiger partial charge in [0.05, 0.1) is 22.5 Å². The number of alkyl halides is 3. The number of rotatable bonds is 4. The van der Waals surface area contributed by atoms with Crippen LogP contribution in [0.4, 0.5) is 13.2 Å². The fraction of sp³-hybridized carbons (Fsp3) is 0.360. The Balaban J connectivity index is 1.62. The van der Waals surface area contributed by atoms with Crippen LogP contribution in [-0.4, -0.2) is 51.5 Å². The molecule has 2 aliphatic rings. The van der Waals surface area contributed by atoms with Crippen LogP contribution >= 0.6 is 0 Å². The summed E-state index contributed by atoms with van der Waals surface area (Å²) in [5, 5.41) is 9.42. The van der Waals surface area contributed by atoms with Gasteiger partial charge in [0.15, 0.2) is 5.75 Å². The summed E-state index contributed by atoms with van der Waals surface area (Å²) in [4.78, 5) is 21.5. The molecular weight excluding hydrogens is 489 g/mol. The number of nitrogens with zero attached hydrogens (tertiary/aromatic N) is 4. The normalized spacial score (nSPS) is 21.3. The second-order valence-electron chi connectivity index (χ2n) is 9.36. The van der Waals surface area contributed by atoms with Crippen LogP contribution in [0.15, 0.2) is 41.1 Å². The van der Waals surface area contributed by atoms with E-state index in [1.54, 1.807) is 25.3 Å². The molecule has 2 N–H and O–H groups in total. The Morgan fingerprint density at radius 2 is 2.08 bits per heavy atom. The first-order valence-electron chi connectivity index (χ1n) is 11.8. The standard InChI is InChI=1S/C25H23F3N6O3/c1-13-19(14(2)37-33-13)15-6-7-17-20-21(15)36-11-18(16-5-3-4-9-30-16)34(20)22(31-17)24(8-10-29-12-24)32-23(35)25(26,27)28/h3-7,9,18,29H,8,10-12H2,1-2H3,(H,32,35)/t18-,24-/m1/s1. The highest BCUT2D eigenvalue weighted by molar-refractivity contribution is 5.93. The van der Waals surface area contributed by atoms with Crippen molar-refractivity contribution >= 4 is 16.9 Å². The molecule has 1 saturated heterocycles. The number of carbonyl (C=O) groups is 1. The molecule has 1 amide bonds. The first kappa shape index (κ1) is 23.5. The lowest BCUT2D eigenvalue weighted by atomic mass is 9.95. The molecule has 0 bridgehead atoms. The number of halogens is 3. The molecule has 2 aliphatic heterocycles. The van der Waals surface area contributed by atoms with Crippen LogP contribution in [0.3, 0.4) is 0 Å². The number of amides is 1. The average Bonchev–Trinajstić information content (AvgIpc) is 3.59. The van der Waals surface area contributed by atoms with Crippen molar-refractivity contribution in [3.05, 3.63) is 59.5 Å². The number of nitrogens with one attached hydrogen (secondary N) is 2. The number of pyridine rings is 1. The quantitative estimate of drug-likeness (QED) is 0.431. The monoisotopic (exact) mass is 512 g/mol. The van der Waals surface area contributed by atoms with Crippen molar-refractivity contribution in [2.24, 2.45) is 0 Å². The Hall–Kier alpha value is -3.93. The second kappa shape index (κ2) is 8.30. The van der Waals surface area contributed by atoms with Crippen LogP contribution < -0.4 is 15.4 Å². The lowest BCUT2D eigenvalue weighted by Gasteiger charge is -2.34. The van der Waals surface area contributed by atoms with E-state index in [2.05, 4.69) is 20.8 Å². The number of imidazole rings is 1. The van der Waals surface area contributed by atoms with Crippen LogP contribution in [0, 0.1) is 13.8 Å². The van der Waals surface area contributed by atoms with E-state index in [9.17, 15) is 18.0 Å². The Labute approximate surface area is 209 Å². The van der Waals surface area contributed by atoms with Crippen LogP contribution in [0.2, 0.25) is 0 Å². The van der Waals surface area contributed by atoms with E-state index in [1.807, 2.05) is 29.7 Å². The molecule has 192 valence electrons. The summed E-state index contributed by atoms with van der Waals surface area (Å²) < 4.78 is 53.7. The van der Waals surface area contributed by atoms with Crippen LogP contribution in [0.5, 0.6) is 5.75 Å². The van der Waals surface area contributed by atoms with Gasteiger partial charge in [0.25, 0.3) is 0 Å². The van der Waals surface area contributed by atoms with E-state index in [-0.39, 0.29) is 19.6 Å². The number of hydrogen-bond donors (Lipinski definition) is 2. The molecule has 0 unspecified atom stereocenters. The lowest BCUT2D eigenvalue weighted by molar-refractivity contribution is -0.175. The molecular formula is C25H23F3N6O3. The SMILES string of the molecule is Cc1noc(C)c1-c1ccc2nc([C@@]3(NC(=O)C(F)(F)F)CCNC3)n3c2c1OC[C@@H]3c1ccccn1. The molecule has 0 saturated carbocycles. The fourth-order valence-electron chi connectivity index (χ4n) is 5.37. The third-order valence-electron chi connectivity index (χ3n) is 7.03. The molecule has 1 aromatic carbocycles. The van der Waals surface area contributed by atoms with E-state index in [0.717, 1.165) is 11.1 Å². The number of aryl methyl sites for hydroxylation is 2. The van der Waals surface area contributed by atoms with Gasteiger partial charge < -0.3 is 24.5 Å². The minimum atomic E-state index is -5.03. The van der Waals surface area contributed by atoms with Crippen molar-refractivity contribution in [2.75, 3.05) is 19.7 Å². The maximum absolute atomic E-state index is 13.4. The highest BCUT2D eigenvalue weighted by Gasteiger charge is 2.49. The van der Waals surface area contributed by atoms with E-state index < -0.39 is 23.7 Å². The minimum absolute atomic E-state index is 0.0972. The molecule has 6 rings (SSSR count). The van der Waals surface area contributed by atoms with Crippen molar-refractivity contribution in [3.63, 3.8) is 0 Å². The zero-order valence-electron chi connectivity index (χ0n) is 20.0. The van der Waals surface area contributed by atoms with Gasteiger partial charge in [-0.1, -0.05) is 11.2 Å². The van der Waals surface area contributed by atoms with Crippen molar-refractivity contribution in [3.8, 4) is 16.9 Å². The highest BCUT2D eigenvalue weighted by Crippen LogP contribution is 2.46. The fourth-order valence-corrected chi connectivity index (χ4v) is 5.37. The summed E-state index contributed by atoms with van der Waals surface area (Å²) >= 11 is 0. The first-order chi connectivity index (χ1) is 17.7. The van der Waals surface area contributed by atoms with Gasteiger partial charge >= 0.3 is 12.1 Å². The molecule has 3 aromatic heterocycles. The predicted octanol–water partition coefficient (Wildman–Crippen LogP) is 3.55. The molecule has 9 nitrogen and oxygen atoms in total. The van der Waals surface area contributed by atoms with Crippen molar-refractivity contribution < 1.29 is 27.2 Å². The molecule has 2 atom stereocenters. The zero-order valence-corrected chi connectivity index (χ0v) is 20.0. The average molecular weight is 512 g/mol. The van der Waals surface area contributed by atoms with E-state index >= 15 is 0 Å². The minimum Gasteiger partial charge on any atom is -0.488 e. The maximum atomic E-state index is 13.4. The van der Waals surface area contributed by atoms with E-state index in [0.29, 0.717) is 46.3 Å². The molecule has 5 heterocycles. The highest BCUT2D eigenvalue weighted by atomic mass is 19.4. The Kier molecular flexibility index (Phi) is 5.26. The van der Waals surface area contributed by atoms with Gasteiger partial charge in [0, 0.05) is 18.3 Å². The van der Waals surface area contributed by atoms with Gasteiger partial charge in [-0.05, 0) is 51.1 Å². The molecule has 0 radical (unpaired) electrons. The molecule has 12 heteroatoms. The molecule has 0 aliphatic carbocycles. The Morgan fingerprint density at radius 1 is 1.24 bits per heavy atom. The number of aromatic nitrogens is 4. The van der Waals surface area contributed by atoms with Crippen LogP contribution in [-0.2, 0) is 10.3 Å². The van der Waals surface area contributed by atoms with Gasteiger partial charge in [-0.2, -0.15) is 13.2 Å². The number of benzene rings is 1. The van der Waals surface area contributed by atoms with Gasteiger partial charge in [0.1, 0.15) is 35.3 Å². The van der Waals surface area contributed by atoms with Crippen LogP contribution in [0.25, 0.3) is 22.2 Å². The van der Waals surface area contributed by atoms with Gasteiger partial charge in [0.2, 0.25) is 0 Å². The third kappa shape index (κ3) is 3.66. The summed E-state index contributed by atoms with van der Waals surface area (Å²) in [5.74, 6) is -0.542. The first-order valence-corrected chi connectivity index (χ1v) is 11.8. The Bertz CT molecular complexity index is 1490. The van der Waals surface area contributed by atoms with E-state index in [1.165, 1.54) is 0 Å². The van der Waals surface area contributed by atoms with E-state index in [4.69, 9.17) is 14.2 Å². The van der Waals surface area contributed by atoms with Crippen LogP contribution in [0.1, 0.15) is 35.4 Å². The van der Waals surface area contributed by atoms with Crippen molar-refractivity contribution in [2.45, 2.75) is 38.0 Å². The summed E-state index contributed by atoms with van der Waals surface area (Å²) in [6, 6.07) is 8.62. The molecule has 0 spiro atoms. The summed E-state index contributed by atoms with van der Waals surface area (Å²) in [6.07, 6.45) is -3.15. The molecule has 4 aromatic rings. The van der Waals surface area contributed by atoms with Gasteiger partial charge in [-0.15, -0.1) is 0 Å². The molecule has 37 heavy (non-hydrogen) atoms. The van der Waals surface area contributed by atoms with Gasteiger partial charge in [-0.3, -0.25) is 9.78 Å². The smallest absolute Gasteiger partial charge is 0.471 e. The maximum Gasteiger partial charge on any atom is 0.471 e. The summed E-state index contributed by atoms with van der Waals surface area (Å²) in [7, 11) is 0. The largest absolute Gasteiger partial charge is 0.488 e. The van der Waals surface area contributed by atoms with Gasteiger partial charge in [-0.25, -0.2) is 4.98 Å². The third-order valence-corrected chi connectivity index (χ3v) is 7.03. The summed E-state index contributed by atoms with van der Waals surface area (Å²) in [5.41, 5.74) is 2.65. The lowest BCUT2D eigenvalue weighted by Crippen LogP contribution is -2.53. The molecule has 1 fully saturated rings. The zero-order chi connectivity index (χ0) is 25.9. The summed E-state index contributed by atoms with van der Waals surface area (Å²) in [6.45, 7) is 4.32. The topological polar surface area (TPSA) is 107 Å². The number of ether oxygens (including phenoxy) is 1. The number of hydrogen-bond acceptors (Lipinski definition) is 7. The van der Waals surface area contributed by atoms with Crippen molar-refractivity contribution in [1.29, 1.82) is 0 Å².